The molecule has 1 heterocycles. The van der Waals surface area contributed by atoms with Gasteiger partial charge < -0.3 is 10.1 Å². The van der Waals surface area contributed by atoms with E-state index in [0.717, 1.165) is 9.21 Å². The number of methoxy groups -OCH3 is 1. The van der Waals surface area contributed by atoms with E-state index in [1.807, 2.05) is 41.3 Å². The van der Waals surface area contributed by atoms with Gasteiger partial charge >= 0.3 is 0 Å². The number of ether oxygens (including phenoxy) is 1. The number of halogens is 1. The Kier molecular flexibility index (Phi) is 6.65. The third-order valence-corrected chi connectivity index (χ3v) is 4.36. The van der Waals surface area contributed by atoms with Crippen LogP contribution in [0.1, 0.15) is 4.88 Å². The summed E-state index contributed by atoms with van der Waals surface area (Å²) in [7, 11) is 1.58. The van der Waals surface area contributed by atoms with E-state index in [4.69, 9.17) is 16.3 Å². The van der Waals surface area contributed by atoms with E-state index in [2.05, 4.69) is 11.9 Å². The first-order valence-corrected chi connectivity index (χ1v) is 8.32. The Morgan fingerprint density at radius 1 is 1.39 bits per heavy atom. The highest BCUT2D eigenvalue weighted by molar-refractivity contribution is 7.16. The summed E-state index contributed by atoms with van der Waals surface area (Å²) in [5.74, 6) is 0.542. The molecule has 122 valence electrons. The molecule has 0 aliphatic heterocycles. The summed E-state index contributed by atoms with van der Waals surface area (Å²) < 4.78 is 5.99. The van der Waals surface area contributed by atoms with Crippen LogP contribution in [0.25, 0.3) is 0 Å². The second-order valence-corrected chi connectivity index (χ2v) is 6.71. The van der Waals surface area contributed by atoms with E-state index >= 15 is 0 Å². The molecule has 0 saturated heterocycles. The average molecular weight is 351 g/mol. The van der Waals surface area contributed by atoms with E-state index in [-0.39, 0.29) is 12.5 Å². The minimum absolute atomic E-state index is 0.0981. The minimum Gasteiger partial charge on any atom is -0.495 e. The van der Waals surface area contributed by atoms with Crippen LogP contribution < -0.4 is 10.1 Å². The molecule has 1 amide bonds. The molecule has 0 unspecified atom stereocenters. The van der Waals surface area contributed by atoms with Gasteiger partial charge in [-0.15, -0.1) is 17.9 Å². The number of nitrogens with zero attached hydrogens (tertiary/aromatic N) is 1. The molecule has 23 heavy (non-hydrogen) atoms. The van der Waals surface area contributed by atoms with Gasteiger partial charge in [0.2, 0.25) is 5.91 Å². The van der Waals surface area contributed by atoms with Crippen molar-refractivity contribution in [3.05, 3.63) is 58.3 Å². The lowest BCUT2D eigenvalue weighted by Crippen LogP contribution is -2.32. The zero-order valence-electron chi connectivity index (χ0n) is 12.9. The number of hydrogen-bond donors (Lipinski definition) is 1. The first-order valence-electron chi connectivity index (χ1n) is 7.12. The van der Waals surface area contributed by atoms with E-state index in [0.29, 0.717) is 24.5 Å². The molecule has 0 bridgehead atoms. The zero-order chi connectivity index (χ0) is 16.7. The van der Waals surface area contributed by atoms with Crippen LogP contribution in [0.3, 0.4) is 0 Å². The Morgan fingerprint density at radius 2 is 2.17 bits per heavy atom. The van der Waals surface area contributed by atoms with Gasteiger partial charge in [-0.25, -0.2) is 0 Å². The first-order chi connectivity index (χ1) is 11.1. The number of para-hydroxylation sites is 2. The summed E-state index contributed by atoms with van der Waals surface area (Å²) in [6.07, 6.45) is 1.78. The lowest BCUT2D eigenvalue weighted by molar-refractivity contribution is -0.117. The fraction of sp³-hybridized carbons (Fsp3) is 0.235. The number of hydrogen-bond acceptors (Lipinski definition) is 4. The molecule has 2 rings (SSSR count). The van der Waals surface area contributed by atoms with Crippen molar-refractivity contribution in [2.24, 2.45) is 0 Å². The molecule has 0 radical (unpaired) electrons. The predicted molar refractivity (Wildman–Crippen MR) is 96.4 cm³/mol. The quantitative estimate of drug-likeness (QED) is 0.730. The molecule has 6 heteroatoms. The summed E-state index contributed by atoms with van der Waals surface area (Å²) in [4.78, 5) is 15.4. The average Bonchev–Trinajstić information content (AvgIpc) is 2.93. The van der Waals surface area contributed by atoms with Crippen LogP contribution >= 0.6 is 22.9 Å². The van der Waals surface area contributed by atoms with E-state index in [9.17, 15) is 4.79 Å². The maximum Gasteiger partial charge on any atom is 0.238 e. The van der Waals surface area contributed by atoms with E-state index in [1.54, 1.807) is 13.2 Å². The highest BCUT2D eigenvalue weighted by atomic mass is 35.5. The molecule has 1 aromatic carbocycles. The third-order valence-electron chi connectivity index (χ3n) is 3.14. The van der Waals surface area contributed by atoms with Crippen molar-refractivity contribution < 1.29 is 9.53 Å². The molecular formula is C17H19ClN2O2S. The minimum atomic E-state index is -0.0981. The molecule has 2 aromatic rings. The molecule has 1 aromatic heterocycles. The summed E-state index contributed by atoms with van der Waals surface area (Å²) in [5, 5.41) is 2.88. The Hall–Kier alpha value is -1.82. The Balaban J connectivity index is 1.98. The number of carbonyl (C=O) groups excluding carboxylic acids is 1. The molecule has 0 fully saturated rings. The maximum absolute atomic E-state index is 12.3. The van der Waals surface area contributed by atoms with Crippen molar-refractivity contribution in [2.75, 3.05) is 25.5 Å². The third kappa shape index (κ3) is 5.39. The van der Waals surface area contributed by atoms with Gasteiger partial charge in [0, 0.05) is 18.0 Å². The number of amides is 1. The first kappa shape index (κ1) is 17.5. The standard InChI is InChI=1S/C17H19ClN2O2S/c1-3-10-20(11-13-8-9-16(18)23-13)12-17(21)19-14-6-4-5-7-15(14)22-2/h3-9H,1,10-12H2,2H3,(H,19,21). The van der Waals surface area contributed by atoms with Gasteiger partial charge in [0.1, 0.15) is 5.75 Å². The van der Waals surface area contributed by atoms with Gasteiger partial charge in [0.25, 0.3) is 0 Å². The van der Waals surface area contributed by atoms with Gasteiger partial charge in [-0.05, 0) is 24.3 Å². The van der Waals surface area contributed by atoms with Gasteiger partial charge in [-0.2, -0.15) is 0 Å². The lowest BCUT2D eigenvalue weighted by Gasteiger charge is -2.19. The molecule has 0 spiro atoms. The van der Waals surface area contributed by atoms with Gasteiger partial charge in [-0.1, -0.05) is 29.8 Å². The lowest BCUT2D eigenvalue weighted by atomic mass is 10.3. The van der Waals surface area contributed by atoms with E-state index < -0.39 is 0 Å². The smallest absolute Gasteiger partial charge is 0.238 e. The van der Waals surface area contributed by atoms with Crippen LogP contribution in [0.5, 0.6) is 5.75 Å². The summed E-state index contributed by atoms with van der Waals surface area (Å²) in [6.45, 7) is 5.29. The number of benzene rings is 1. The predicted octanol–water partition coefficient (Wildman–Crippen LogP) is 4.04. The summed E-state index contributed by atoms with van der Waals surface area (Å²) >= 11 is 7.47. The number of anilines is 1. The maximum atomic E-state index is 12.3. The normalized spacial score (nSPS) is 10.6. The van der Waals surface area contributed by atoms with Crippen molar-refractivity contribution in [3.8, 4) is 5.75 Å². The van der Waals surface area contributed by atoms with Crippen LogP contribution in [-0.2, 0) is 11.3 Å². The largest absolute Gasteiger partial charge is 0.495 e. The number of rotatable bonds is 8. The van der Waals surface area contributed by atoms with Crippen molar-refractivity contribution in [2.45, 2.75) is 6.54 Å². The van der Waals surface area contributed by atoms with Crippen LogP contribution in [0.2, 0.25) is 4.34 Å². The molecule has 1 N–H and O–H groups in total. The Bertz CT molecular complexity index is 672. The van der Waals surface area contributed by atoms with Crippen LogP contribution in [0.4, 0.5) is 5.69 Å². The van der Waals surface area contributed by atoms with Crippen molar-refractivity contribution in [1.29, 1.82) is 0 Å². The SMILES string of the molecule is C=CCN(CC(=O)Nc1ccccc1OC)Cc1ccc(Cl)s1. The second kappa shape index (κ2) is 8.72. The van der Waals surface area contributed by atoms with E-state index in [1.165, 1.54) is 11.3 Å². The van der Waals surface area contributed by atoms with Gasteiger partial charge in [0.15, 0.2) is 0 Å². The van der Waals surface area contributed by atoms with Crippen molar-refractivity contribution in [1.82, 2.24) is 4.90 Å². The molecule has 0 aliphatic carbocycles. The molecule has 0 atom stereocenters. The van der Waals surface area contributed by atoms with Gasteiger partial charge in [0.05, 0.1) is 23.7 Å². The van der Waals surface area contributed by atoms with Crippen LogP contribution in [-0.4, -0.2) is 31.0 Å². The Labute approximate surface area is 145 Å². The van der Waals surface area contributed by atoms with Gasteiger partial charge in [-0.3, -0.25) is 9.69 Å². The fourth-order valence-corrected chi connectivity index (χ4v) is 3.30. The number of nitrogens with one attached hydrogen (secondary N) is 1. The summed E-state index contributed by atoms with van der Waals surface area (Å²) in [6, 6.07) is 11.2. The monoisotopic (exact) mass is 350 g/mol. The van der Waals surface area contributed by atoms with Crippen molar-refractivity contribution in [3.63, 3.8) is 0 Å². The highest BCUT2D eigenvalue weighted by Gasteiger charge is 2.13. The second-order valence-electron chi connectivity index (χ2n) is 4.91. The molecule has 0 aliphatic rings. The number of carbonyl (C=O) groups is 1. The highest BCUT2D eigenvalue weighted by Crippen LogP contribution is 2.24. The molecular weight excluding hydrogens is 332 g/mol. The molecule has 4 nitrogen and oxygen atoms in total. The molecule has 0 saturated carbocycles. The van der Waals surface area contributed by atoms with Crippen LogP contribution in [0, 0.1) is 0 Å². The van der Waals surface area contributed by atoms with Crippen LogP contribution in [0.15, 0.2) is 49.1 Å². The zero-order valence-corrected chi connectivity index (χ0v) is 14.5. The Morgan fingerprint density at radius 3 is 2.83 bits per heavy atom. The van der Waals surface area contributed by atoms with Crippen molar-refractivity contribution >= 4 is 34.5 Å². The fourth-order valence-electron chi connectivity index (χ4n) is 2.17. The topological polar surface area (TPSA) is 41.6 Å². The summed E-state index contributed by atoms with van der Waals surface area (Å²) in [5.41, 5.74) is 0.665. The number of thiophene rings is 1.